The minimum Gasteiger partial charge on any atom is -0.360 e. The number of anilines is 1. The molecule has 4 heterocycles. The maximum Gasteiger partial charge on any atom is 0.275 e. The fourth-order valence-electron chi connectivity index (χ4n) is 3.53. The molecule has 144 valence electrons. The van der Waals surface area contributed by atoms with Gasteiger partial charge in [-0.05, 0) is 30.7 Å². The first-order valence-corrected chi connectivity index (χ1v) is 9.44. The number of pyridine rings is 1. The molecule has 0 aliphatic heterocycles. The molecule has 0 spiro atoms. The number of hydrogen-bond acceptors (Lipinski definition) is 4. The lowest BCUT2D eigenvalue weighted by molar-refractivity contribution is 0.101. The Morgan fingerprint density at radius 1 is 1.17 bits per heavy atom. The Morgan fingerprint density at radius 2 is 2.07 bits per heavy atom. The summed E-state index contributed by atoms with van der Waals surface area (Å²) in [5.41, 5.74) is 4.56. The predicted molar refractivity (Wildman–Crippen MR) is 112 cm³/mol. The maximum atomic E-state index is 13.0. The van der Waals surface area contributed by atoms with E-state index in [1.165, 1.54) is 6.20 Å². The number of nitrogens with one attached hydrogen (secondary N) is 3. The fourth-order valence-corrected chi connectivity index (χ4v) is 3.76. The number of benzene rings is 1. The van der Waals surface area contributed by atoms with Crippen LogP contribution in [0.5, 0.6) is 0 Å². The summed E-state index contributed by atoms with van der Waals surface area (Å²) in [5, 5.41) is 16.4. The Kier molecular flexibility index (Phi) is 4.06. The number of halogens is 1. The van der Waals surface area contributed by atoms with E-state index in [1.807, 2.05) is 37.5 Å². The molecular formula is C20H16ClN7O. The van der Waals surface area contributed by atoms with Crippen molar-refractivity contribution in [2.75, 3.05) is 5.32 Å². The van der Waals surface area contributed by atoms with E-state index in [-0.39, 0.29) is 5.91 Å². The van der Waals surface area contributed by atoms with Crippen molar-refractivity contribution < 1.29 is 4.79 Å². The van der Waals surface area contributed by atoms with Gasteiger partial charge < -0.3 is 10.3 Å². The van der Waals surface area contributed by atoms with Gasteiger partial charge in [-0.3, -0.25) is 19.6 Å². The van der Waals surface area contributed by atoms with Gasteiger partial charge in [0.15, 0.2) is 0 Å². The monoisotopic (exact) mass is 405 g/mol. The number of aromatic amines is 2. The van der Waals surface area contributed by atoms with Crippen LogP contribution in [0.4, 0.5) is 5.69 Å². The van der Waals surface area contributed by atoms with Crippen molar-refractivity contribution in [1.82, 2.24) is 29.9 Å². The quantitative estimate of drug-likeness (QED) is 0.416. The molecule has 1 aromatic carbocycles. The highest BCUT2D eigenvalue weighted by Gasteiger charge is 2.19. The number of fused-ring (bicyclic) bond motifs is 2. The molecule has 0 bridgehead atoms. The first-order chi connectivity index (χ1) is 14.2. The van der Waals surface area contributed by atoms with Gasteiger partial charge in [-0.2, -0.15) is 10.2 Å². The molecule has 9 heteroatoms. The third-order valence-electron chi connectivity index (χ3n) is 4.90. The van der Waals surface area contributed by atoms with Crippen LogP contribution < -0.4 is 5.32 Å². The van der Waals surface area contributed by atoms with E-state index in [1.54, 1.807) is 17.1 Å². The zero-order chi connectivity index (χ0) is 20.0. The summed E-state index contributed by atoms with van der Waals surface area (Å²) in [6, 6.07) is 5.91. The summed E-state index contributed by atoms with van der Waals surface area (Å²) in [6.45, 7) is 2.44. The van der Waals surface area contributed by atoms with Gasteiger partial charge in [-0.1, -0.05) is 11.6 Å². The number of nitrogens with zero attached hydrogens (tertiary/aromatic N) is 4. The second-order valence-corrected chi connectivity index (χ2v) is 7.00. The van der Waals surface area contributed by atoms with Gasteiger partial charge >= 0.3 is 0 Å². The molecule has 0 unspecified atom stereocenters. The summed E-state index contributed by atoms with van der Waals surface area (Å²) in [7, 11) is 0. The zero-order valence-corrected chi connectivity index (χ0v) is 16.2. The lowest BCUT2D eigenvalue weighted by Crippen LogP contribution is -2.18. The van der Waals surface area contributed by atoms with Crippen LogP contribution in [-0.2, 0) is 6.54 Å². The normalized spacial score (nSPS) is 11.4. The number of rotatable bonds is 4. The number of hydrogen-bond donors (Lipinski definition) is 3. The molecule has 4 aromatic heterocycles. The molecule has 0 fully saturated rings. The van der Waals surface area contributed by atoms with Gasteiger partial charge in [0, 0.05) is 35.3 Å². The number of aryl methyl sites for hydroxylation is 1. The van der Waals surface area contributed by atoms with Crippen LogP contribution in [0.25, 0.3) is 32.9 Å². The van der Waals surface area contributed by atoms with Crippen LogP contribution in [0, 0.1) is 0 Å². The topological polar surface area (TPSA) is 104 Å². The number of carbonyl (C=O) groups excluding carboxylic acids is 1. The zero-order valence-electron chi connectivity index (χ0n) is 15.4. The highest BCUT2D eigenvalue weighted by molar-refractivity contribution is 6.34. The van der Waals surface area contributed by atoms with Crippen LogP contribution in [0.2, 0.25) is 5.02 Å². The summed E-state index contributed by atoms with van der Waals surface area (Å²) in [6.07, 6.45) is 8.62. The van der Waals surface area contributed by atoms with E-state index in [2.05, 4.69) is 30.6 Å². The molecule has 0 saturated heterocycles. The summed E-state index contributed by atoms with van der Waals surface area (Å²) >= 11 is 6.19. The van der Waals surface area contributed by atoms with Crippen molar-refractivity contribution in [3.8, 4) is 11.1 Å². The fraction of sp³-hybridized carbons (Fsp3) is 0.100. The number of amides is 1. The van der Waals surface area contributed by atoms with E-state index >= 15 is 0 Å². The first-order valence-electron chi connectivity index (χ1n) is 9.07. The minimum absolute atomic E-state index is 0.310. The number of H-pyrrole nitrogens is 2. The molecule has 0 radical (unpaired) electrons. The molecule has 29 heavy (non-hydrogen) atoms. The Bertz CT molecular complexity index is 1360. The van der Waals surface area contributed by atoms with Gasteiger partial charge in [0.2, 0.25) is 0 Å². The lowest BCUT2D eigenvalue weighted by atomic mass is 10.0. The molecule has 0 aliphatic carbocycles. The number of aromatic nitrogens is 6. The van der Waals surface area contributed by atoms with Crippen LogP contribution in [0.1, 0.15) is 17.4 Å². The average Bonchev–Trinajstić information content (AvgIpc) is 3.46. The average molecular weight is 406 g/mol. The molecule has 5 aromatic rings. The predicted octanol–water partition coefficient (Wildman–Crippen LogP) is 4.23. The van der Waals surface area contributed by atoms with E-state index in [0.717, 1.165) is 32.9 Å². The standard InChI is InChI=1S/C20H16ClN7O/c1-2-28-19(15(21)9-25-28)20(29)26-16-5-11(6-17-14(16)8-24-27-17)13-7-22-10-18-12(13)3-4-23-18/h3-10,23H,2H2,1H3,(H,24,27)(H,26,29). The van der Waals surface area contributed by atoms with Crippen LogP contribution in [0.15, 0.2) is 49.2 Å². The van der Waals surface area contributed by atoms with Crippen molar-refractivity contribution in [2.45, 2.75) is 13.5 Å². The minimum atomic E-state index is -0.327. The highest BCUT2D eigenvalue weighted by atomic mass is 35.5. The summed E-state index contributed by atoms with van der Waals surface area (Å²) in [5.74, 6) is -0.327. The first kappa shape index (κ1) is 17.4. The summed E-state index contributed by atoms with van der Waals surface area (Å²) in [4.78, 5) is 20.4. The van der Waals surface area contributed by atoms with Crippen LogP contribution in [0.3, 0.4) is 0 Å². The number of carbonyl (C=O) groups is 1. The third-order valence-corrected chi connectivity index (χ3v) is 5.18. The molecule has 0 aliphatic rings. The van der Waals surface area contributed by atoms with Gasteiger partial charge in [-0.15, -0.1) is 0 Å². The highest BCUT2D eigenvalue weighted by Crippen LogP contribution is 2.33. The second kappa shape index (κ2) is 6.75. The Hall–Kier alpha value is -3.65. The molecular weight excluding hydrogens is 390 g/mol. The smallest absolute Gasteiger partial charge is 0.275 e. The molecule has 0 atom stereocenters. The van der Waals surface area contributed by atoms with Crippen LogP contribution >= 0.6 is 11.6 Å². The lowest BCUT2D eigenvalue weighted by Gasteiger charge is -2.11. The van der Waals surface area contributed by atoms with E-state index in [4.69, 9.17) is 11.6 Å². The molecule has 8 nitrogen and oxygen atoms in total. The molecule has 0 saturated carbocycles. The Labute approximate surface area is 169 Å². The van der Waals surface area contributed by atoms with E-state index < -0.39 is 0 Å². The van der Waals surface area contributed by atoms with E-state index in [0.29, 0.717) is 22.9 Å². The molecule has 5 rings (SSSR count). The SMILES string of the molecule is CCn1ncc(Cl)c1C(=O)Nc1cc(-c2cncc3[nH]ccc23)cc2[nH]ncc12. The largest absolute Gasteiger partial charge is 0.360 e. The van der Waals surface area contributed by atoms with Crippen molar-refractivity contribution >= 4 is 45.0 Å². The maximum absolute atomic E-state index is 13.0. The van der Waals surface area contributed by atoms with Gasteiger partial charge in [-0.25, -0.2) is 0 Å². The van der Waals surface area contributed by atoms with Gasteiger partial charge in [0.05, 0.1) is 40.3 Å². The Morgan fingerprint density at radius 3 is 2.93 bits per heavy atom. The third kappa shape index (κ3) is 2.85. The van der Waals surface area contributed by atoms with Crippen molar-refractivity contribution in [3.63, 3.8) is 0 Å². The van der Waals surface area contributed by atoms with Crippen molar-refractivity contribution in [1.29, 1.82) is 0 Å². The molecule has 3 N–H and O–H groups in total. The molecule has 1 amide bonds. The van der Waals surface area contributed by atoms with Crippen LogP contribution in [-0.4, -0.2) is 35.9 Å². The Balaban J connectivity index is 1.63. The van der Waals surface area contributed by atoms with Crippen molar-refractivity contribution in [2.24, 2.45) is 0 Å². The van der Waals surface area contributed by atoms with Gasteiger partial charge in [0.25, 0.3) is 5.91 Å². The van der Waals surface area contributed by atoms with E-state index in [9.17, 15) is 4.79 Å². The second-order valence-electron chi connectivity index (χ2n) is 6.59. The summed E-state index contributed by atoms with van der Waals surface area (Å²) < 4.78 is 1.57. The van der Waals surface area contributed by atoms with Crippen molar-refractivity contribution in [3.05, 3.63) is 59.9 Å². The van der Waals surface area contributed by atoms with Gasteiger partial charge in [0.1, 0.15) is 5.69 Å².